The van der Waals surface area contributed by atoms with Gasteiger partial charge in [-0.2, -0.15) is 5.10 Å². The first kappa shape index (κ1) is 23.2. The number of carbonyl (C=O) groups excluding carboxylic acids is 1. The Morgan fingerprint density at radius 1 is 1.21 bits per heavy atom. The van der Waals surface area contributed by atoms with Crippen molar-refractivity contribution in [3.05, 3.63) is 91.7 Å². The lowest BCUT2D eigenvalue weighted by molar-refractivity contribution is -0.384. The van der Waals surface area contributed by atoms with E-state index in [0.717, 1.165) is 20.5 Å². The number of hydrogen-bond acceptors (Lipinski definition) is 8. The molecule has 9 nitrogen and oxygen atoms in total. The summed E-state index contributed by atoms with van der Waals surface area (Å²) in [5.74, 6) is -0.346. The Morgan fingerprint density at radius 3 is 2.71 bits per heavy atom. The molecule has 0 aliphatic heterocycles. The summed E-state index contributed by atoms with van der Waals surface area (Å²) in [6.07, 6.45) is 2.89. The van der Waals surface area contributed by atoms with Crippen LogP contribution in [0.25, 0.3) is 26.5 Å². The van der Waals surface area contributed by atoms with Crippen molar-refractivity contribution in [1.29, 1.82) is 0 Å². The van der Waals surface area contributed by atoms with Crippen molar-refractivity contribution in [2.24, 2.45) is 0 Å². The second-order valence-electron chi connectivity index (χ2n) is 7.16. The van der Waals surface area contributed by atoms with Crippen LogP contribution in [0.3, 0.4) is 0 Å². The van der Waals surface area contributed by atoms with Crippen molar-refractivity contribution in [3.63, 3.8) is 0 Å². The summed E-state index contributed by atoms with van der Waals surface area (Å²) < 4.78 is 1.32. The maximum Gasteiger partial charge on any atom is 0.269 e. The molecule has 4 rings (SSSR count). The molecule has 0 spiro atoms. The molecule has 0 saturated heterocycles. The van der Waals surface area contributed by atoms with Gasteiger partial charge < -0.3 is 5.32 Å². The maximum atomic E-state index is 12.3. The zero-order valence-electron chi connectivity index (χ0n) is 18.0. The van der Waals surface area contributed by atoms with Crippen molar-refractivity contribution in [2.45, 2.75) is 13.5 Å². The lowest BCUT2D eigenvalue weighted by Gasteiger charge is -2.07. The zero-order chi connectivity index (χ0) is 24.1. The minimum absolute atomic E-state index is 0.0157. The molecular weight excluding hydrogens is 474 g/mol. The van der Waals surface area contributed by atoms with Crippen LogP contribution in [0, 0.1) is 17.0 Å². The van der Waals surface area contributed by atoms with Gasteiger partial charge in [-0.3, -0.25) is 19.7 Å². The maximum absolute atomic E-state index is 12.3. The van der Waals surface area contributed by atoms with E-state index in [-0.39, 0.29) is 30.2 Å². The molecule has 1 N–H and O–H groups in total. The van der Waals surface area contributed by atoms with Crippen LogP contribution >= 0.6 is 22.7 Å². The van der Waals surface area contributed by atoms with Crippen molar-refractivity contribution >= 4 is 40.3 Å². The summed E-state index contributed by atoms with van der Waals surface area (Å²) in [5, 5.41) is 20.8. The smallest absolute Gasteiger partial charge is 0.269 e. The Morgan fingerprint density at radius 2 is 2.00 bits per heavy atom. The molecule has 0 radical (unpaired) electrons. The van der Waals surface area contributed by atoms with Gasteiger partial charge in [0.05, 0.1) is 26.9 Å². The number of non-ortho nitro benzene ring substituents is 1. The Labute approximate surface area is 202 Å². The van der Waals surface area contributed by atoms with E-state index in [1.807, 2.05) is 24.4 Å². The molecule has 0 aliphatic carbocycles. The number of benzene rings is 1. The van der Waals surface area contributed by atoms with Gasteiger partial charge in [0, 0.05) is 30.8 Å². The van der Waals surface area contributed by atoms with Crippen molar-refractivity contribution in [1.82, 2.24) is 20.1 Å². The van der Waals surface area contributed by atoms with Crippen LogP contribution in [0.4, 0.5) is 5.69 Å². The van der Waals surface area contributed by atoms with Gasteiger partial charge in [-0.05, 0) is 48.2 Å². The van der Waals surface area contributed by atoms with Crippen molar-refractivity contribution in [2.75, 3.05) is 6.54 Å². The van der Waals surface area contributed by atoms with Crippen LogP contribution in [0.2, 0.25) is 0 Å². The van der Waals surface area contributed by atoms with Gasteiger partial charge in [0.25, 0.3) is 11.2 Å². The molecule has 172 valence electrons. The number of carbonyl (C=O) groups is 1. The highest BCUT2D eigenvalue weighted by Crippen LogP contribution is 2.35. The number of hydrogen-bond donors (Lipinski definition) is 1. The molecule has 11 heteroatoms. The van der Waals surface area contributed by atoms with E-state index >= 15 is 0 Å². The van der Waals surface area contributed by atoms with Gasteiger partial charge in [0.2, 0.25) is 5.91 Å². The van der Waals surface area contributed by atoms with E-state index < -0.39 is 4.92 Å². The van der Waals surface area contributed by atoms with Gasteiger partial charge in [-0.1, -0.05) is 6.07 Å². The average molecular weight is 494 g/mol. The second-order valence-corrected chi connectivity index (χ2v) is 9.11. The largest absolute Gasteiger partial charge is 0.351 e. The monoisotopic (exact) mass is 493 g/mol. The Bertz CT molecular complexity index is 1410. The van der Waals surface area contributed by atoms with Gasteiger partial charge in [0.1, 0.15) is 10.7 Å². The summed E-state index contributed by atoms with van der Waals surface area (Å²) in [4.78, 5) is 41.2. The van der Waals surface area contributed by atoms with Crippen LogP contribution in [0.5, 0.6) is 0 Å². The van der Waals surface area contributed by atoms with E-state index in [2.05, 4.69) is 15.4 Å². The number of thiophene rings is 1. The third kappa shape index (κ3) is 5.50. The summed E-state index contributed by atoms with van der Waals surface area (Å²) in [7, 11) is 0. The fourth-order valence-corrected chi connectivity index (χ4v) is 4.92. The molecule has 3 aromatic heterocycles. The normalized spacial score (nSPS) is 11.1. The van der Waals surface area contributed by atoms with E-state index in [1.165, 1.54) is 40.3 Å². The molecule has 1 aromatic carbocycles. The van der Waals surface area contributed by atoms with Crippen molar-refractivity contribution < 1.29 is 9.72 Å². The molecule has 3 heterocycles. The van der Waals surface area contributed by atoms with Crippen LogP contribution in [0.1, 0.15) is 11.3 Å². The van der Waals surface area contributed by atoms with Crippen LogP contribution < -0.4 is 10.9 Å². The average Bonchev–Trinajstić information content (AvgIpc) is 3.49. The highest BCUT2D eigenvalue weighted by Gasteiger charge is 2.14. The number of amides is 1. The summed E-state index contributed by atoms with van der Waals surface area (Å²) >= 11 is 3.14. The molecule has 0 saturated carbocycles. The molecule has 0 unspecified atom stereocenters. The van der Waals surface area contributed by atoms with Gasteiger partial charge >= 0.3 is 0 Å². The highest BCUT2D eigenvalue weighted by molar-refractivity contribution is 7.23. The predicted molar refractivity (Wildman–Crippen MR) is 133 cm³/mol. The predicted octanol–water partition coefficient (Wildman–Crippen LogP) is 4.14. The van der Waals surface area contributed by atoms with E-state index in [9.17, 15) is 19.7 Å². The number of nitro benzene ring substituents is 1. The molecular formula is C23H19N5O4S2. The fourth-order valence-electron chi connectivity index (χ4n) is 3.09. The first-order chi connectivity index (χ1) is 16.4. The Kier molecular flexibility index (Phi) is 7.04. The number of aromatic nitrogens is 3. The zero-order valence-corrected chi connectivity index (χ0v) is 19.6. The lowest BCUT2D eigenvalue weighted by Crippen LogP contribution is -2.31. The van der Waals surface area contributed by atoms with Crippen molar-refractivity contribution in [3.8, 4) is 20.5 Å². The van der Waals surface area contributed by atoms with Crippen LogP contribution in [-0.4, -0.2) is 32.1 Å². The van der Waals surface area contributed by atoms with E-state index in [1.54, 1.807) is 35.6 Å². The number of aryl methyl sites for hydroxylation is 1. The quantitative estimate of drug-likeness (QED) is 0.224. The molecule has 0 aliphatic rings. The SMILES string of the molecule is Cc1nc(-c2cccs2)sc1-c1ccc(=O)n(CCNC(=O)C=Cc2ccc([N+](=O)[O-])cc2)n1. The Hall–Kier alpha value is -3.96. The molecule has 34 heavy (non-hydrogen) atoms. The number of nitrogens with one attached hydrogen (secondary N) is 1. The third-order valence-electron chi connectivity index (χ3n) is 4.78. The highest BCUT2D eigenvalue weighted by atomic mass is 32.1. The minimum Gasteiger partial charge on any atom is -0.351 e. The first-order valence-electron chi connectivity index (χ1n) is 10.2. The lowest BCUT2D eigenvalue weighted by atomic mass is 10.2. The standard InChI is InChI=1S/C23H19N5O4S2/c1-15-22(34-23(25-15)19-3-2-14-33-19)18-9-11-21(30)27(26-18)13-12-24-20(29)10-6-16-4-7-17(8-5-16)28(31)32/h2-11,14H,12-13H2,1H3,(H,24,29). The topological polar surface area (TPSA) is 120 Å². The van der Waals surface area contributed by atoms with Crippen LogP contribution in [0.15, 0.2) is 64.8 Å². The minimum atomic E-state index is -0.482. The fraction of sp³-hybridized carbons (Fsp3) is 0.130. The molecule has 4 aromatic rings. The third-order valence-corrected chi connectivity index (χ3v) is 7.00. The summed E-state index contributed by atoms with van der Waals surface area (Å²) in [6, 6.07) is 13.0. The second kappa shape index (κ2) is 10.3. The molecule has 0 bridgehead atoms. The molecule has 0 atom stereocenters. The number of nitro groups is 1. The van der Waals surface area contributed by atoms with Gasteiger partial charge in [-0.15, -0.1) is 22.7 Å². The van der Waals surface area contributed by atoms with Gasteiger partial charge in [0.15, 0.2) is 0 Å². The number of nitrogens with zero attached hydrogens (tertiary/aromatic N) is 4. The van der Waals surface area contributed by atoms with E-state index in [0.29, 0.717) is 11.3 Å². The number of thiazole rings is 1. The Balaban J connectivity index is 1.38. The first-order valence-corrected chi connectivity index (χ1v) is 11.9. The summed E-state index contributed by atoms with van der Waals surface area (Å²) in [5.41, 5.74) is 1.88. The van der Waals surface area contributed by atoms with Crippen LogP contribution in [-0.2, 0) is 11.3 Å². The summed E-state index contributed by atoms with van der Waals surface area (Å²) in [6.45, 7) is 2.33. The molecule has 1 amide bonds. The number of rotatable bonds is 8. The van der Waals surface area contributed by atoms with E-state index in [4.69, 9.17) is 0 Å². The van der Waals surface area contributed by atoms with Gasteiger partial charge in [-0.25, -0.2) is 9.67 Å². The molecule has 0 fully saturated rings.